The van der Waals surface area contributed by atoms with Crippen molar-refractivity contribution in [3.63, 3.8) is 0 Å². The average Bonchev–Trinajstić information content (AvgIpc) is 2.28. The summed E-state index contributed by atoms with van der Waals surface area (Å²) in [6.07, 6.45) is 0. The lowest BCUT2D eigenvalue weighted by Crippen LogP contribution is -2.55. The zero-order valence-electron chi connectivity index (χ0n) is 11.3. The first-order valence-corrected chi connectivity index (χ1v) is 5.84. The molecule has 1 aromatic carbocycles. The van der Waals surface area contributed by atoms with Crippen LogP contribution in [0.2, 0.25) is 0 Å². The lowest BCUT2D eigenvalue weighted by atomic mass is 9.97. The van der Waals surface area contributed by atoms with Crippen LogP contribution in [0.3, 0.4) is 0 Å². The summed E-state index contributed by atoms with van der Waals surface area (Å²) in [4.78, 5) is 11.8. The Balaban J connectivity index is 2.65. The lowest BCUT2D eigenvalue weighted by molar-refractivity contribution is 0.237. The number of methoxy groups -OCH3 is 1. The van der Waals surface area contributed by atoms with E-state index in [-0.39, 0.29) is 12.1 Å². The van der Waals surface area contributed by atoms with Gasteiger partial charge in [-0.2, -0.15) is 0 Å². The molecule has 0 heterocycles. The molecule has 4 N–H and O–H groups in total. The molecule has 0 bridgehead atoms. The summed E-state index contributed by atoms with van der Waals surface area (Å²) in [5.74, 6) is 0.694. The Labute approximate surface area is 108 Å². The first kappa shape index (κ1) is 14.3. The van der Waals surface area contributed by atoms with Gasteiger partial charge in [0.25, 0.3) is 0 Å². The Morgan fingerprint density at radius 2 is 2.11 bits per heavy atom. The van der Waals surface area contributed by atoms with Gasteiger partial charge in [-0.25, -0.2) is 4.79 Å². The third kappa shape index (κ3) is 3.92. The van der Waals surface area contributed by atoms with E-state index in [0.29, 0.717) is 11.4 Å². The summed E-state index contributed by atoms with van der Waals surface area (Å²) < 4.78 is 5.08. The van der Waals surface area contributed by atoms with E-state index in [1.54, 1.807) is 19.2 Å². The van der Waals surface area contributed by atoms with E-state index in [1.807, 2.05) is 32.9 Å². The lowest BCUT2D eigenvalue weighted by Gasteiger charge is -2.30. The maximum absolute atomic E-state index is 11.8. The number of carbonyl (C=O) groups excluding carboxylic acids is 1. The summed E-state index contributed by atoms with van der Waals surface area (Å²) in [5, 5.41) is 5.57. The number of carbonyl (C=O) groups is 1. The number of amides is 2. The van der Waals surface area contributed by atoms with Crippen LogP contribution in [-0.4, -0.2) is 24.7 Å². The van der Waals surface area contributed by atoms with E-state index >= 15 is 0 Å². The highest BCUT2D eigenvalue weighted by Crippen LogP contribution is 2.16. The number of urea groups is 1. The quantitative estimate of drug-likeness (QED) is 0.765. The van der Waals surface area contributed by atoms with Gasteiger partial charge in [-0.3, -0.25) is 0 Å². The number of anilines is 1. The van der Waals surface area contributed by atoms with E-state index in [0.717, 1.165) is 0 Å². The minimum atomic E-state index is -0.469. The molecule has 5 nitrogen and oxygen atoms in total. The van der Waals surface area contributed by atoms with Gasteiger partial charge in [0.1, 0.15) is 5.75 Å². The fourth-order valence-electron chi connectivity index (χ4n) is 1.27. The van der Waals surface area contributed by atoms with E-state index in [4.69, 9.17) is 10.5 Å². The zero-order valence-corrected chi connectivity index (χ0v) is 11.3. The molecule has 0 aliphatic heterocycles. The predicted octanol–water partition coefficient (Wildman–Crippen LogP) is 1.94. The van der Waals surface area contributed by atoms with Crippen LogP contribution in [0.1, 0.15) is 20.8 Å². The number of rotatable bonds is 4. The van der Waals surface area contributed by atoms with E-state index < -0.39 is 5.54 Å². The van der Waals surface area contributed by atoms with Crippen LogP contribution in [0.4, 0.5) is 10.5 Å². The Hall–Kier alpha value is -1.75. The van der Waals surface area contributed by atoms with Gasteiger partial charge in [-0.1, -0.05) is 6.07 Å². The third-order valence-corrected chi connectivity index (χ3v) is 2.90. The Morgan fingerprint density at radius 1 is 1.44 bits per heavy atom. The van der Waals surface area contributed by atoms with Crippen molar-refractivity contribution in [2.75, 3.05) is 12.4 Å². The molecule has 0 saturated heterocycles. The molecule has 0 aliphatic carbocycles. The number of nitrogens with two attached hydrogens (primary N) is 1. The smallest absolute Gasteiger partial charge is 0.319 e. The Morgan fingerprint density at radius 3 is 2.67 bits per heavy atom. The molecule has 1 unspecified atom stereocenters. The fourth-order valence-corrected chi connectivity index (χ4v) is 1.27. The van der Waals surface area contributed by atoms with Crippen molar-refractivity contribution in [1.29, 1.82) is 0 Å². The number of nitrogens with one attached hydrogen (secondary N) is 2. The van der Waals surface area contributed by atoms with Crippen molar-refractivity contribution >= 4 is 11.7 Å². The van der Waals surface area contributed by atoms with Crippen molar-refractivity contribution in [1.82, 2.24) is 5.32 Å². The van der Waals surface area contributed by atoms with Crippen LogP contribution in [0.5, 0.6) is 5.75 Å². The fraction of sp³-hybridized carbons (Fsp3) is 0.462. The molecule has 18 heavy (non-hydrogen) atoms. The van der Waals surface area contributed by atoms with Crippen LogP contribution in [-0.2, 0) is 0 Å². The highest BCUT2D eigenvalue weighted by molar-refractivity contribution is 5.90. The molecule has 0 saturated carbocycles. The van der Waals surface area contributed by atoms with Crippen molar-refractivity contribution in [3.05, 3.63) is 24.3 Å². The molecular formula is C13H21N3O2. The molecule has 0 fully saturated rings. The van der Waals surface area contributed by atoms with Crippen molar-refractivity contribution < 1.29 is 9.53 Å². The minimum absolute atomic E-state index is 0.145. The first-order chi connectivity index (χ1) is 8.35. The van der Waals surface area contributed by atoms with Gasteiger partial charge in [0.05, 0.1) is 12.6 Å². The number of benzene rings is 1. The van der Waals surface area contributed by atoms with Crippen molar-refractivity contribution in [2.24, 2.45) is 5.73 Å². The third-order valence-electron chi connectivity index (χ3n) is 2.90. The summed E-state index contributed by atoms with van der Waals surface area (Å²) in [5.41, 5.74) is 6.00. The van der Waals surface area contributed by atoms with E-state index in [1.165, 1.54) is 0 Å². The molecule has 0 aromatic heterocycles. The van der Waals surface area contributed by atoms with E-state index in [9.17, 15) is 4.79 Å². The molecule has 1 aromatic rings. The molecule has 1 atom stereocenters. The molecule has 2 amide bonds. The topological polar surface area (TPSA) is 76.4 Å². The van der Waals surface area contributed by atoms with Crippen LogP contribution in [0.25, 0.3) is 0 Å². The highest BCUT2D eigenvalue weighted by atomic mass is 16.5. The number of hydrogen-bond acceptors (Lipinski definition) is 3. The van der Waals surface area contributed by atoms with Crippen molar-refractivity contribution in [2.45, 2.75) is 32.4 Å². The molecular weight excluding hydrogens is 230 g/mol. The molecule has 100 valence electrons. The second-order valence-electron chi connectivity index (χ2n) is 4.82. The Bertz CT molecular complexity index is 416. The van der Waals surface area contributed by atoms with Gasteiger partial charge in [0.2, 0.25) is 0 Å². The molecule has 5 heteroatoms. The van der Waals surface area contributed by atoms with E-state index in [2.05, 4.69) is 10.6 Å². The predicted molar refractivity (Wildman–Crippen MR) is 72.9 cm³/mol. The minimum Gasteiger partial charge on any atom is -0.497 e. The molecule has 0 aliphatic rings. The normalized spacial score (nSPS) is 12.7. The largest absolute Gasteiger partial charge is 0.497 e. The maximum atomic E-state index is 11.8. The second-order valence-corrected chi connectivity index (χ2v) is 4.82. The summed E-state index contributed by atoms with van der Waals surface area (Å²) >= 11 is 0. The zero-order chi connectivity index (χ0) is 13.8. The van der Waals surface area contributed by atoms with Gasteiger partial charge < -0.3 is 21.1 Å². The SMILES string of the molecule is COc1cccc(NC(=O)NC(C)(C)C(C)N)c1. The molecule has 0 radical (unpaired) electrons. The van der Waals surface area contributed by atoms with Gasteiger partial charge in [-0.05, 0) is 32.9 Å². The highest BCUT2D eigenvalue weighted by Gasteiger charge is 2.24. The Kier molecular flexibility index (Phi) is 4.55. The van der Waals surface area contributed by atoms with Crippen LogP contribution in [0, 0.1) is 0 Å². The van der Waals surface area contributed by atoms with Gasteiger partial charge in [0, 0.05) is 17.8 Å². The molecule has 1 rings (SSSR count). The van der Waals surface area contributed by atoms with Crippen LogP contribution < -0.4 is 21.1 Å². The standard InChI is InChI=1S/C13H21N3O2/c1-9(14)13(2,3)16-12(17)15-10-6-5-7-11(8-10)18-4/h5-9H,14H2,1-4H3,(H2,15,16,17). The van der Waals surface area contributed by atoms with Crippen LogP contribution >= 0.6 is 0 Å². The average molecular weight is 251 g/mol. The van der Waals surface area contributed by atoms with Gasteiger partial charge >= 0.3 is 6.03 Å². The first-order valence-electron chi connectivity index (χ1n) is 5.84. The van der Waals surface area contributed by atoms with Crippen LogP contribution in [0.15, 0.2) is 24.3 Å². The number of hydrogen-bond donors (Lipinski definition) is 3. The summed E-state index contributed by atoms with van der Waals surface area (Å²) in [6.45, 7) is 5.61. The maximum Gasteiger partial charge on any atom is 0.319 e. The van der Waals surface area contributed by atoms with Gasteiger partial charge in [0.15, 0.2) is 0 Å². The number of ether oxygens (including phenoxy) is 1. The summed E-state index contributed by atoms with van der Waals surface area (Å²) in [6, 6.07) is 6.73. The van der Waals surface area contributed by atoms with Crippen molar-refractivity contribution in [3.8, 4) is 5.75 Å². The molecule has 0 spiro atoms. The van der Waals surface area contributed by atoms with Gasteiger partial charge in [-0.15, -0.1) is 0 Å². The summed E-state index contributed by atoms with van der Waals surface area (Å²) in [7, 11) is 1.58. The monoisotopic (exact) mass is 251 g/mol. The second kappa shape index (κ2) is 5.73.